The molecule has 2 heterocycles. The molecular formula is C12H20N4O2S. The van der Waals surface area contributed by atoms with Crippen LogP contribution in [0.2, 0.25) is 0 Å². The lowest BCUT2D eigenvalue weighted by atomic mass is 10.4. The number of amides is 1. The number of aryl methyl sites for hydroxylation is 1. The molecule has 7 heteroatoms. The van der Waals surface area contributed by atoms with Gasteiger partial charge in [-0.3, -0.25) is 9.69 Å². The molecule has 0 unspecified atom stereocenters. The minimum Gasteiger partial charge on any atom is -0.379 e. The highest BCUT2D eigenvalue weighted by molar-refractivity contribution is 7.13. The number of carbonyl (C=O) groups excluding carboxylic acids is 1. The number of hydrogen-bond acceptors (Lipinski definition) is 6. The molecule has 0 atom stereocenters. The number of nitrogens with zero attached hydrogens (tertiary/aromatic N) is 2. The second-order valence-electron chi connectivity index (χ2n) is 4.47. The van der Waals surface area contributed by atoms with E-state index in [9.17, 15) is 4.79 Å². The molecule has 106 valence electrons. The van der Waals surface area contributed by atoms with Gasteiger partial charge < -0.3 is 15.4 Å². The highest BCUT2D eigenvalue weighted by atomic mass is 32.1. The molecule has 0 spiro atoms. The van der Waals surface area contributed by atoms with Crippen molar-refractivity contribution in [1.82, 2.24) is 15.2 Å². The van der Waals surface area contributed by atoms with E-state index in [1.54, 1.807) is 0 Å². The summed E-state index contributed by atoms with van der Waals surface area (Å²) in [6, 6.07) is 0. The van der Waals surface area contributed by atoms with Crippen LogP contribution in [0.3, 0.4) is 0 Å². The van der Waals surface area contributed by atoms with Gasteiger partial charge in [-0.25, -0.2) is 4.98 Å². The molecule has 1 fully saturated rings. The Morgan fingerprint density at radius 2 is 2.32 bits per heavy atom. The van der Waals surface area contributed by atoms with Gasteiger partial charge in [0.1, 0.15) is 0 Å². The number of morpholine rings is 1. The molecule has 1 amide bonds. The van der Waals surface area contributed by atoms with E-state index < -0.39 is 0 Å². The molecule has 2 N–H and O–H groups in total. The van der Waals surface area contributed by atoms with Crippen LogP contribution < -0.4 is 10.6 Å². The zero-order valence-corrected chi connectivity index (χ0v) is 12.0. The lowest BCUT2D eigenvalue weighted by molar-refractivity contribution is -0.115. The molecule has 0 bridgehead atoms. The zero-order valence-electron chi connectivity index (χ0n) is 11.1. The first-order valence-electron chi connectivity index (χ1n) is 6.47. The number of carbonyl (C=O) groups is 1. The fourth-order valence-electron chi connectivity index (χ4n) is 1.84. The maximum Gasteiger partial charge on any atom is 0.240 e. The van der Waals surface area contributed by atoms with E-state index in [4.69, 9.17) is 4.74 Å². The van der Waals surface area contributed by atoms with Crippen LogP contribution in [-0.2, 0) is 9.53 Å². The third-order valence-electron chi connectivity index (χ3n) is 2.86. The van der Waals surface area contributed by atoms with Gasteiger partial charge in [-0.2, -0.15) is 0 Å². The number of aromatic nitrogens is 1. The first-order valence-corrected chi connectivity index (χ1v) is 7.35. The van der Waals surface area contributed by atoms with Gasteiger partial charge in [0, 0.05) is 31.6 Å². The van der Waals surface area contributed by atoms with Gasteiger partial charge >= 0.3 is 0 Å². The average Bonchev–Trinajstić information content (AvgIpc) is 2.81. The minimum atomic E-state index is -0.0451. The van der Waals surface area contributed by atoms with Crippen LogP contribution in [0.4, 0.5) is 5.13 Å². The Hall–Kier alpha value is -1.02. The average molecular weight is 284 g/mol. The third kappa shape index (κ3) is 5.23. The van der Waals surface area contributed by atoms with E-state index in [-0.39, 0.29) is 5.91 Å². The maximum atomic E-state index is 11.6. The molecule has 0 aromatic carbocycles. The van der Waals surface area contributed by atoms with E-state index in [1.807, 2.05) is 12.3 Å². The summed E-state index contributed by atoms with van der Waals surface area (Å²) in [5.74, 6) is -0.0451. The van der Waals surface area contributed by atoms with Crippen molar-refractivity contribution in [3.05, 3.63) is 11.1 Å². The number of anilines is 1. The normalized spacial score (nSPS) is 16.5. The van der Waals surface area contributed by atoms with E-state index in [0.29, 0.717) is 11.7 Å². The standard InChI is InChI=1S/C12H20N4O2S/c1-10-9-19-12(14-10)15-11(17)8-13-2-3-16-4-6-18-7-5-16/h9,13H,2-8H2,1H3,(H,14,15,17). The summed E-state index contributed by atoms with van der Waals surface area (Å²) >= 11 is 1.45. The smallest absolute Gasteiger partial charge is 0.240 e. The van der Waals surface area contributed by atoms with Crippen LogP contribution in [-0.4, -0.2) is 61.7 Å². The molecule has 1 aromatic heterocycles. The quantitative estimate of drug-likeness (QED) is 0.736. The summed E-state index contributed by atoms with van der Waals surface area (Å²) in [7, 11) is 0. The minimum absolute atomic E-state index is 0.0451. The molecule has 0 aliphatic carbocycles. The maximum absolute atomic E-state index is 11.6. The van der Waals surface area contributed by atoms with Crippen LogP contribution in [0.15, 0.2) is 5.38 Å². The van der Waals surface area contributed by atoms with E-state index in [1.165, 1.54) is 11.3 Å². The van der Waals surface area contributed by atoms with Crippen molar-refractivity contribution in [1.29, 1.82) is 0 Å². The summed E-state index contributed by atoms with van der Waals surface area (Å²) < 4.78 is 5.28. The Bertz CT molecular complexity index is 404. The molecule has 2 rings (SSSR count). The van der Waals surface area contributed by atoms with Gasteiger partial charge in [0.15, 0.2) is 5.13 Å². The van der Waals surface area contributed by atoms with Crippen molar-refractivity contribution in [3.8, 4) is 0 Å². The number of nitrogens with one attached hydrogen (secondary N) is 2. The highest BCUT2D eigenvalue weighted by Gasteiger charge is 2.09. The van der Waals surface area contributed by atoms with Crippen molar-refractivity contribution < 1.29 is 9.53 Å². The summed E-state index contributed by atoms with van der Waals surface area (Å²) in [6.07, 6.45) is 0. The van der Waals surface area contributed by atoms with Crippen LogP contribution in [0, 0.1) is 6.92 Å². The Morgan fingerprint density at radius 3 is 3.00 bits per heavy atom. The second kappa shape index (κ2) is 7.54. The predicted octanol–water partition coefficient (Wildman–Crippen LogP) is 0.312. The Morgan fingerprint density at radius 1 is 1.53 bits per heavy atom. The van der Waals surface area contributed by atoms with Gasteiger partial charge in [-0.15, -0.1) is 11.3 Å². The molecule has 6 nitrogen and oxygen atoms in total. The summed E-state index contributed by atoms with van der Waals surface area (Å²) in [5, 5.41) is 8.50. The van der Waals surface area contributed by atoms with E-state index in [0.717, 1.165) is 45.1 Å². The van der Waals surface area contributed by atoms with E-state index in [2.05, 4.69) is 20.5 Å². The fourth-order valence-corrected chi connectivity index (χ4v) is 2.54. The number of rotatable bonds is 6. The van der Waals surface area contributed by atoms with Gasteiger partial charge in [0.2, 0.25) is 5.91 Å². The monoisotopic (exact) mass is 284 g/mol. The van der Waals surface area contributed by atoms with E-state index >= 15 is 0 Å². The molecule has 0 radical (unpaired) electrons. The fraction of sp³-hybridized carbons (Fsp3) is 0.667. The predicted molar refractivity (Wildman–Crippen MR) is 75.6 cm³/mol. The summed E-state index contributed by atoms with van der Waals surface area (Å²) in [5.41, 5.74) is 0.931. The van der Waals surface area contributed by atoms with Gasteiger partial charge in [-0.05, 0) is 6.92 Å². The summed E-state index contributed by atoms with van der Waals surface area (Å²) in [4.78, 5) is 18.2. The Kier molecular flexibility index (Phi) is 5.71. The largest absolute Gasteiger partial charge is 0.379 e. The molecule has 0 saturated carbocycles. The van der Waals surface area contributed by atoms with Crippen molar-refractivity contribution >= 4 is 22.4 Å². The molecular weight excluding hydrogens is 264 g/mol. The molecule has 1 saturated heterocycles. The van der Waals surface area contributed by atoms with Gasteiger partial charge in [0.05, 0.1) is 25.5 Å². The summed E-state index contributed by atoms with van der Waals surface area (Å²) in [6.45, 7) is 7.57. The zero-order chi connectivity index (χ0) is 13.5. The Balaban J connectivity index is 1.56. The van der Waals surface area contributed by atoms with Crippen LogP contribution in [0.1, 0.15) is 5.69 Å². The van der Waals surface area contributed by atoms with Crippen molar-refractivity contribution in [2.24, 2.45) is 0 Å². The molecule has 1 aliphatic rings. The topological polar surface area (TPSA) is 66.5 Å². The van der Waals surface area contributed by atoms with Crippen molar-refractivity contribution in [2.75, 3.05) is 51.3 Å². The highest BCUT2D eigenvalue weighted by Crippen LogP contribution is 2.13. The molecule has 1 aromatic rings. The van der Waals surface area contributed by atoms with Gasteiger partial charge in [-0.1, -0.05) is 0 Å². The van der Waals surface area contributed by atoms with Crippen molar-refractivity contribution in [2.45, 2.75) is 6.92 Å². The van der Waals surface area contributed by atoms with Crippen LogP contribution in [0.5, 0.6) is 0 Å². The van der Waals surface area contributed by atoms with Gasteiger partial charge in [0.25, 0.3) is 0 Å². The SMILES string of the molecule is Cc1csc(NC(=O)CNCCN2CCOCC2)n1. The Labute approximate surface area is 117 Å². The van der Waals surface area contributed by atoms with Crippen LogP contribution in [0.25, 0.3) is 0 Å². The van der Waals surface area contributed by atoms with Crippen molar-refractivity contribution in [3.63, 3.8) is 0 Å². The molecule has 1 aliphatic heterocycles. The first-order chi connectivity index (χ1) is 9.24. The third-order valence-corrected chi connectivity index (χ3v) is 3.74. The second-order valence-corrected chi connectivity index (χ2v) is 5.33. The first kappa shape index (κ1) is 14.4. The number of ether oxygens (including phenoxy) is 1. The van der Waals surface area contributed by atoms with Crippen LogP contribution >= 0.6 is 11.3 Å². The molecule has 19 heavy (non-hydrogen) atoms. The number of hydrogen-bond donors (Lipinski definition) is 2. The lowest BCUT2D eigenvalue weighted by Crippen LogP contribution is -2.41. The number of thiazole rings is 1. The lowest BCUT2D eigenvalue weighted by Gasteiger charge is -2.26.